The summed E-state index contributed by atoms with van der Waals surface area (Å²) in [5.74, 6) is 0.661. The first-order chi connectivity index (χ1) is 5.72. The van der Waals surface area contributed by atoms with Gasteiger partial charge in [-0.15, -0.1) is 0 Å². The number of guanidine groups is 1. The highest BCUT2D eigenvalue weighted by molar-refractivity contribution is 5.77. The van der Waals surface area contributed by atoms with E-state index in [4.69, 9.17) is 5.73 Å². The second kappa shape index (κ2) is 6.95. The maximum atomic E-state index is 5.69. The lowest BCUT2D eigenvalue weighted by Gasteiger charge is -2.17. The first-order valence-corrected chi connectivity index (χ1v) is 4.73. The van der Waals surface area contributed by atoms with Gasteiger partial charge in [-0.3, -0.25) is 4.99 Å². The van der Waals surface area contributed by atoms with E-state index in [2.05, 4.69) is 11.9 Å². The quantitative estimate of drug-likeness (QED) is 0.386. The van der Waals surface area contributed by atoms with Crippen molar-refractivity contribution in [3.05, 3.63) is 0 Å². The van der Waals surface area contributed by atoms with E-state index in [1.54, 1.807) is 0 Å². The van der Waals surface area contributed by atoms with Crippen molar-refractivity contribution in [2.45, 2.75) is 33.1 Å². The molecule has 0 heterocycles. The molecule has 0 aromatic heterocycles. The van der Waals surface area contributed by atoms with Crippen LogP contribution >= 0.6 is 0 Å². The van der Waals surface area contributed by atoms with Crippen molar-refractivity contribution < 1.29 is 0 Å². The highest BCUT2D eigenvalue weighted by atomic mass is 15.2. The summed E-state index contributed by atoms with van der Waals surface area (Å²) in [6.45, 7) is 5.98. The van der Waals surface area contributed by atoms with Crippen molar-refractivity contribution in [2.24, 2.45) is 10.7 Å². The van der Waals surface area contributed by atoms with E-state index in [9.17, 15) is 0 Å². The van der Waals surface area contributed by atoms with Gasteiger partial charge in [0, 0.05) is 20.1 Å². The van der Waals surface area contributed by atoms with Gasteiger partial charge in [0.15, 0.2) is 5.96 Å². The van der Waals surface area contributed by atoms with Crippen LogP contribution in [0.4, 0.5) is 0 Å². The second-order valence-corrected chi connectivity index (χ2v) is 2.96. The maximum Gasteiger partial charge on any atom is 0.190 e. The Bertz CT molecular complexity index is 132. The molecule has 72 valence electrons. The number of hydrogen-bond acceptors (Lipinski definition) is 1. The molecule has 2 N–H and O–H groups in total. The summed E-state index contributed by atoms with van der Waals surface area (Å²) < 4.78 is 0. The zero-order valence-corrected chi connectivity index (χ0v) is 8.51. The van der Waals surface area contributed by atoms with Crippen LogP contribution in [-0.2, 0) is 0 Å². The fourth-order valence-electron chi connectivity index (χ4n) is 0.996. The standard InChI is InChI=1S/C9H21N3/c1-4-6-7-8-12(3)9(10)11-5-2/h4-8H2,1-3H3,(H2,10,11). The van der Waals surface area contributed by atoms with Gasteiger partial charge in [-0.1, -0.05) is 19.8 Å². The molecule has 0 bridgehead atoms. The molecule has 0 aromatic carbocycles. The minimum atomic E-state index is 0.661. The van der Waals surface area contributed by atoms with E-state index in [1.807, 2.05) is 18.9 Å². The molecular weight excluding hydrogens is 150 g/mol. The first kappa shape index (κ1) is 11.3. The Hall–Kier alpha value is -0.730. The zero-order valence-electron chi connectivity index (χ0n) is 8.51. The number of hydrogen-bond donors (Lipinski definition) is 1. The molecule has 0 spiro atoms. The minimum absolute atomic E-state index is 0.661. The molecule has 0 atom stereocenters. The van der Waals surface area contributed by atoms with E-state index in [-0.39, 0.29) is 0 Å². The lowest BCUT2D eigenvalue weighted by molar-refractivity contribution is 0.470. The third kappa shape index (κ3) is 4.99. The average molecular weight is 171 g/mol. The molecule has 3 heteroatoms. The van der Waals surface area contributed by atoms with Crippen molar-refractivity contribution in [1.29, 1.82) is 0 Å². The van der Waals surface area contributed by atoms with E-state index in [0.717, 1.165) is 13.1 Å². The Morgan fingerprint density at radius 3 is 2.50 bits per heavy atom. The highest BCUT2D eigenvalue weighted by Gasteiger charge is 1.98. The molecule has 3 nitrogen and oxygen atoms in total. The van der Waals surface area contributed by atoms with E-state index in [0.29, 0.717) is 5.96 Å². The predicted octanol–water partition coefficient (Wildman–Crippen LogP) is 1.44. The summed E-state index contributed by atoms with van der Waals surface area (Å²) in [6.07, 6.45) is 3.72. The van der Waals surface area contributed by atoms with Gasteiger partial charge in [0.25, 0.3) is 0 Å². The summed E-state index contributed by atoms with van der Waals surface area (Å²) in [7, 11) is 1.99. The van der Waals surface area contributed by atoms with Crippen LogP contribution in [-0.4, -0.2) is 31.0 Å². The smallest absolute Gasteiger partial charge is 0.190 e. The summed E-state index contributed by atoms with van der Waals surface area (Å²) >= 11 is 0. The zero-order chi connectivity index (χ0) is 9.40. The van der Waals surface area contributed by atoms with E-state index < -0.39 is 0 Å². The summed E-state index contributed by atoms with van der Waals surface area (Å²) in [6, 6.07) is 0. The Morgan fingerprint density at radius 1 is 1.33 bits per heavy atom. The molecule has 0 unspecified atom stereocenters. The second-order valence-electron chi connectivity index (χ2n) is 2.96. The molecule has 0 rings (SSSR count). The van der Waals surface area contributed by atoms with Gasteiger partial charge in [0.2, 0.25) is 0 Å². The minimum Gasteiger partial charge on any atom is -0.370 e. The van der Waals surface area contributed by atoms with Crippen molar-refractivity contribution in [2.75, 3.05) is 20.1 Å². The molecule has 0 aliphatic carbocycles. The molecule has 0 amide bonds. The predicted molar refractivity (Wildman–Crippen MR) is 54.3 cm³/mol. The van der Waals surface area contributed by atoms with Crippen LogP contribution in [0, 0.1) is 0 Å². The van der Waals surface area contributed by atoms with Crippen LogP contribution in [0.25, 0.3) is 0 Å². The number of rotatable bonds is 5. The molecule has 0 radical (unpaired) electrons. The number of unbranched alkanes of at least 4 members (excludes halogenated alkanes) is 2. The van der Waals surface area contributed by atoms with Crippen LogP contribution in [0.3, 0.4) is 0 Å². The topological polar surface area (TPSA) is 41.6 Å². The Morgan fingerprint density at radius 2 is 2.00 bits per heavy atom. The summed E-state index contributed by atoms with van der Waals surface area (Å²) in [5, 5.41) is 0. The van der Waals surface area contributed by atoms with Crippen LogP contribution in [0.1, 0.15) is 33.1 Å². The first-order valence-electron chi connectivity index (χ1n) is 4.73. The van der Waals surface area contributed by atoms with Crippen molar-refractivity contribution in [3.63, 3.8) is 0 Å². The van der Waals surface area contributed by atoms with Crippen LogP contribution in [0.5, 0.6) is 0 Å². The molecule has 0 saturated carbocycles. The number of nitrogens with two attached hydrogens (primary N) is 1. The Labute approximate surface area is 75.7 Å². The normalized spacial score (nSPS) is 11.8. The van der Waals surface area contributed by atoms with E-state index >= 15 is 0 Å². The largest absolute Gasteiger partial charge is 0.370 e. The van der Waals surface area contributed by atoms with Gasteiger partial charge in [0.1, 0.15) is 0 Å². The lowest BCUT2D eigenvalue weighted by atomic mass is 10.2. The summed E-state index contributed by atoms with van der Waals surface area (Å²) in [4.78, 5) is 6.14. The lowest BCUT2D eigenvalue weighted by Crippen LogP contribution is -2.34. The fourth-order valence-corrected chi connectivity index (χ4v) is 0.996. The van der Waals surface area contributed by atoms with Gasteiger partial charge in [-0.2, -0.15) is 0 Å². The van der Waals surface area contributed by atoms with Crippen LogP contribution in [0.15, 0.2) is 4.99 Å². The molecule has 0 saturated heterocycles. The van der Waals surface area contributed by atoms with Gasteiger partial charge in [-0.25, -0.2) is 0 Å². The maximum absolute atomic E-state index is 5.69. The fraction of sp³-hybridized carbons (Fsp3) is 0.889. The number of nitrogens with zero attached hydrogens (tertiary/aromatic N) is 2. The van der Waals surface area contributed by atoms with E-state index in [1.165, 1.54) is 19.3 Å². The Kier molecular flexibility index (Phi) is 6.53. The molecule has 0 aliphatic rings. The van der Waals surface area contributed by atoms with Crippen LogP contribution in [0.2, 0.25) is 0 Å². The monoisotopic (exact) mass is 171 g/mol. The molecule has 12 heavy (non-hydrogen) atoms. The van der Waals surface area contributed by atoms with Crippen molar-refractivity contribution in [1.82, 2.24) is 4.90 Å². The highest BCUT2D eigenvalue weighted by Crippen LogP contribution is 1.95. The Balaban J connectivity index is 3.56. The average Bonchev–Trinajstić information content (AvgIpc) is 2.05. The third-order valence-electron chi connectivity index (χ3n) is 1.81. The van der Waals surface area contributed by atoms with Gasteiger partial charge < -0.3 is 10.6 Å². The SMILES string of the molecule is CCCCCN(C)C(N)=NCC. The van der Waals surface area contributed by atoms with Crippen LogP contribution < -0.4 is 5.73 Å². The molecule has 0 aromatic rings. The third-order valence-corrected chi connectivity index (χ3v) is 1.81. The van der Waals surface area contributed by atoms with Crippen molar-refractivity contribution in [3.8, 4) is 0 Å². The number of aliphatic imine (C=N–C) groups is 1. The molecular formula is C9H21N3. The van der Waals surface area contributed by atoms with Gasteiger partial charge in [0.05, 0.1) is 0 Å². The van der Waals surface area contributed by atoms with Gasteiger partial charge in [-0.05, 0) is 13.3 Å². The van der Waals surface area contributed by atoms with Gasteiger partial charge >= 0.3 is 0 Å². The summed E-state index contributed by atoms with van der Waals surface area (Å²) in [5.41, 5.74) is 5.69. The molecule has 0 aliphatic heterocycles. The van der Waals surface area contributed by atoms with Crippen molar-refractivity contribution >= 4 is 5.96 Å². The molecule has 0 fully saturated rings.